The Bertz CT molecular complexity index is 194. The fourth-order valence-corrected chi connectivity index (χ4v) is 1.42. The summed E-state index contributed by atoms with van der Waals surface area (Å²) < 4.78 is 15.5. The van der Waals surface area contributed by atoms with Crippen LogP contribution in [0.3, 0.4) is 0 Å². The highest BCUT2D eigenvalue weighted by atomic mass is 16.8. The minimum atomic E-state index is -0.616. The van der Waals surface area contributed by atoms with Gasteiger partial charge in [0, 0.05) is 6.42 Å². The van der Waals surface area contributed by atoms with Crippen molar-refractivity contribution in [2.45, 2.75) is 72.0 Å². The van der Waals surface area contributed by atoms with Crippen molar-refractivity contribution in [3.8, 4) is 0 Å². The van der Waals surface area contributed by atoms with Gasteiger partial charge < -0.3 is 14.2 Å². The van der Waals surface area contributed by atoms with Crippen LogP contribution in [-0.2, 0) is 14.2 Å². The average Bonchev–Trinajstić information content (AvgIpc) is 2.37. The molecule has 0 aromatic rings. The third-order valence-corrected chi connectivity index (χ3v) is 2.58. The van der Waals surface area contributed by atoms with Gasteiger partial charge >= 0.3 is 6.16 Å². The lowest BCUT2D eigenvalue weighted by molar-refractivity contribution is -0.123. The summed E-state index contributed by atoms with van der Waals surface area (Å²) >= 11 is 0. The number of carbonyl (C=O) groups excluding carboxylic acids is 1. The van der Waals surface area contributed by atoms with Gasteiger partial charge in [0.15, 0.2) is 0 Å². The minimum Gasteiger partial charge on any atom is -0.434 e. The molecule has 0 N–H and O–H groups in total. The van der Waals surface area contributed by atoms with Crippen LogP contribution in [0.1, 0.15) is 65.7 Å². The van der Waals surface area contributed by atoms with Crippen molar-refractivity contribution < 1.29 is 19.0 Å². The molecule has 0 aliphatic heterocycles. The van der Waals surface area contributed by atoms with E-state index in [0.717, 1.165) is 25.7 Å². The molecule has 0 amide bonds. The lowest BCUT2D eigenvalue weighted by Gasteiger charge is -2.16. The molecule has 0 radical (unpaired) electrons. The molecular weight excluding hydrogens is 232 g/mol. The van der Waals surface area contributed by atoms with Gasteiger partial charge in [-0.05, 0) is 12.8 Å². The monoisotopic (exact) mass is 260 g/mol. The van der Waals surface area contributed by atoms with Crippen LogP contribution in [-0.4, -0.2) is 25.7 Å². The first-order chi connectivity index (χ1) is 8.74. The van der Waals surface area contributed by atoms with E-state index in [-0.39, 0.29) is 0 Å². The molecule has 18 heavy (non-hydrogen) atoms. The number of ether oxygens (including phenoxy) is 3. The number of unbranched alkanes of at least 4 members (excludes halogenated alkanes) is 4. The van der Waals surface area contributed by atoms with Crippen LogP contribution in [0.15, 0.2) is 0 Å². The zero-order valence-electron chi connectivity index (χ0n) is 12.1. The first kappa shape index (κ1) is 17.2. The summed E-state index contributed by atoms with van der Waals surface area (Å²) in [5.74, 6) is 0. The predicted molar refractivity (Wildman–Crippen MR) is 71.5 cm³/mol. The molecule has 4 nitrogen and oxygen atoms in total. The number of hydrogen-bond acceptors (Lipinski definition) is 4. The Morgan fingerprint density at radius 3 is 2.28 bits per heavy atom. The molecule has 0 aromatic carbocycles. The highest BCUT2D eigenvalue weighted by molar-refractivity contribution is 5.59. The molecule has 0 bridgehead atoms. The smallest absolute Gasteiger partial charge is 0.434 e. The van der Waals surface area contributed by atoms with Crippen LogP contribution in [0.5, 0.6) is 0 Å². The van der Waals surface area contributed by atoms with Crippen molar-refractivity contribution in [3.63, 3.8) is 0 Å². The van der Waals surface area contributed by atoms with Gasteiger partial charge in [-0.1, -0.05) is 46.5 Å². The van der Waals surface area contributed by atoms with E-state index in [1.165, 1.54) is 12.8 Å². The summed E-state index contributed by atoms with van der Waals surface area (Å²) in [6.45, 7) is 7.22. The maximum atomic E-state index is 11.4. The average molecular weight is 260 g/mol. The fraction of sp³-hybridized carbons (Fsp3) is 0.929. The molecule has 0 rings (SSSR count). The lowest BCUT2D eigenvalue weighted by atomic mass is 10.2. The Hall–Kier alpha value is -0.770. The second kappa shape index (κ2) is 12.7. The van der Waals surface area contributed by atoms with Crippen LogP contribution >= 0.6 is 0 Å². The largest absolute Gasteiger partial charge is 0.510 e. The second-order valence-electron chi connectivity index (χ2n) is 4.34. The van der Waals surface area contributed by atoms with Crippen molar-refractivity contribution in [2.24, 2.45) is 0 Å². The van der Waals surface area contributed by atoms with Crippen LogP contribution in [0.25, 0.3) is 0 Å². The molecule has 108 valence electrons. The molecule has 0 heterocycles. The molecule has 0 aliphatic rings. The van der Waals surface area contributed by atoms with Gasteiger partial charge in [-0.25, -0.2) is 4.79 Å². The summed E-state index contributed by atoms with van der Waals surface area (Å²) in [6.07, 6.45) is 5.95. The van der Waals surface area contributed by atoms with Crippen molar-refractivity contribution in [1.82, 2.24) is 0 Å². The molecule has 0 aliphatic carbocycles. The van der Waals surface area contributed by atoms with E-state index in [0.29, 0.717) is 19.6 Å². The van der Waals surface area contributed by atoms with E-state index in [1.807, 2.05) is 6.92 Å². The maximum Gasteiger partial charge on any atom is 0.510 e. The second-order valence-corrected chi connectivity index (χ2v) is 4.34. The van der Waals surface area contributed by atoms with Crippen LogP contribution in [0, 0.1) is 0 Å². The van der Waals surface area contributed by atoms with E-state index in [9.17, 15) is 4.79 Å². The van der Waals surface area contributed by atoms with E-state index >= 15 is 0 Å². The third kappa shape index (κ3) is 10.4. The van der Waals surface area contributed by atoms with E-state index in [2.05, 4.69) is 13.8 Å². The third-order valence-electron chi connectivity index (χ3n) is 2.58. The van der Waals surface area contributed by atoms with Crippen molar-refractivity contribution in [1.29, 1.82) is 0 Å². The van der Waals surface area contributed by atoms with E-state index < -0.39 is 12.4 Å². The first-order valence-electron chi connectivity index (χ1n) is 7.19. The van der Waals surface area contributed by atoms with Gasteiger partial charge in [0.2, 0.25) is 6.29 Å². The van der Waals surface area contributed by atoms with Crippen molar-refractivity contribution in [2.75, 3.05) is 13.2 Å². The molecule has 4 heteroatoms. The Morgan fingerprint density at radius 2 is 1.67 bits per heavy atom. The van der Waals surface area contributed by atoms with Crippen LogP contribution < -0.4 is 0 Å². The molecule has 1 unspecified atom stereocenters. The zero-order valence-corrected chi connectivity index (χ0v) is 12.1. The summed E-state index contributed by atoms with van der Waals surface area (Å²) in [5, 5.41) is 0. The van der Waals surface area contributed by atoms with Gasteiger partial charge in [0.05, 0.1) is 13.2 Å². The standard InChI is InChI=1S/C14H28O4/c1-4-7-9-10-12-17-14(15)18-13(6-3)16-11-8-5-2/h13H,4-12H2,1-3H3. The summed E-state index contributed by atoms with van der Waals surface area (Å²) in [7, 11) is 0. The Balaban J connectivity index is 3.56. The van der Waals surface area contributed by atoms with Gasteiger partial charge in [-0.3, -0.25) is 0 Å². The molecule has 0 saturated carbocycles. The molecule has 0 spiro atoms. The normalized spacial score (nSPS) is 12.2. The lowest BCUT2D eigenvalue weighted by Crippen LogP contribution is -2.22. The van der Waals surface area contributed by atoms with Gasteiger partial charge in [0.25, 0.3) is 0 Å². The molecule has 1 atom stereocenters. The van der Waals surface area contributed by atoms with Crippen LogP contribution in [0.2, 0.25) is 0 Å². The Morgan fingerprint density at radius 1 is 0.944 bits per heavy atom. The topological polar surface area (TPSA) is 44.8 Å². The highest BCUT2D eigenvalue weighted by Gasteiger charge is 2.13. The zero-order chi connectivity index (χ0) is 13.6. The highest BCUT2D eigenvalue weighted by Crippen LogP contribution is 2.05. The molecule has 0 fully saturated rings. The predicted octanol–water partition coefficient (Wildman–Crippen LogP) is 4.27. The quantitative estimate of drug-likeness (QED) is 0.316. The number of hydrogen-bond donors (Lipinski definition) is 0. The van der Waals surface area contributed by atoms with Crippen LogP contribution in [0.4, 0.5) is 4.79 Å². The van der Waals surface area contributed by atoms with Gasteiger partial charge in [-0.2, -0.15) is 0 Å². The maximum absolute atomic E-state index is 11.4. The molecule has 0 saturated heterocycles. The number of rotatable bonds is 11. The fourth-order valence-electron chi connectivity index (χ4n) is 1.42. The summed E-state index contributed by atoms with van der Waals surface area (Å²) in [5.41, 5.74) is 0. The van der Waals surface area contributed by atoms with Gasteiger partial charge in [-0.15, -0.1) is 0 Å². The first-order valence-corrected chi connectivity index (χ1v) is 7.19. The van der Waals surface area contributed by atoms with E-state index in [1.54, 1.807) is 0 Å². The Labute approximate surface area is 111 Å². The van der Waals surface area contributed by atoms with Gasteiger partial charge in [0.1, 0.15) is 0 Å². The summed E-state index contributed by atoms with van der Waals surface area (Å²) in [6, 6.07) is 0. The van der Waals surface area contributed by atoms with E-state index in [4.69, 9.17) is 14.2 Å². The SMILES string of the molecule is CCCCCCOC(=O)OC(CC)OCCCC. The number of carbonyl (C=O) groups is 1. The molecular formula is C14H28O4. The van der Waals surface area contributed by atoms with Crippen molar-refractivity contribution >= 4 is 6.16 Å². The minimum absolute atomic E-state index is 0.435. The van der Waals surface area contributed by atoms with Crippen molar-refractivity contribution in [3.05, 3.63) is 0 Å². The summed E-state index contributed by atoms with van der Waals surface area (Å²) in [4.78, 5) is 11.4. The molecule has 0 aromatic heterocycles. The Kier molecular flexibility index (Phi) is 12.1.